The summed E-state index contributed by atoms with van der Waals surface area (Å²) >= 11 is 0. The minimum Gasteiger partial charge on any atom is -0.482 e. The molecule has 2 aromatic rings. The van der Waals surface area contributed by atoms with Gasteiger partial charge in [-0.15, -0.1) is 0 Å². The van der Waals surface area contributed by atoms with Gasteiger partial charge in [-0.1, -0.05) is 37.3 Å². The highest BCUT2D eigenvalue weighted by atomic mass is 16.6. The third-order valence-corrected chi connectivity index (χ3v) is 5.01. The lowest BCUT2D eigenvalue weighted by Crippen LogP contribution is -2.58. The Hall–Kier alpha value is -3.33. The summed E-state index contributed by atoms with van der Waals surface area (Å²) in [4.78, 5) is 41.1. The summed E-state index contributed by atoms with van der Waals surface area (Å²) in [7, 11) is 1.53. The first-order valence-electron chi connectivity index (χ1n) is 10.9. The molecule has 0 aliphatic carbocycles. The van der Waals surface area contributed by atoms with Crippen molar-refractivity contribution < 1.29 is 23.8 Å². The molecule has 0 radical (unpaired) electrons. The van der Waals surface area contributed by atoms with Crippen molar-refractivity contribution in [3.63, 3.8) is 0 Å². The minimum absolute atomic E-state index is 0.00323. The highest BCUT2D eigenvalue weighted by molar-refractivity contribution is 5.98. The number of aromatic nitrogens is 1. The molecule has 0 bridgehead atoms. The van der Waals surface area contributed by atoms with Crippen LogP contribution < -0.4 is 15.2 Å². The third kappa shape index (κ3) is 5.54. The van der Waals surface area contributed by atoms with Gasteiger partial charge in [0.15, 0.2) is 11.4 Å². The molecule has 1 aliphatic heterocycles. The van der Waals surface area contributed by atoms with E-state index in [1.165, 1.54) is 27.8 Å². The van der Waals surface area contributed by atoms with Gasteiger partial charge in [0.2, 0.25) is 5.43 Å². The standard InChI is InChI=1S/C24H31N3O6/c1-6-18-14-19(28)21(32-15-17-10-8-7-9-11-17)20-22(29)25(12-13-31-5)16-26(27(18)20)23(30)33-24(2,3)4/h7-11,14H,6,12-13,15-16H2,1-5H3. The number of fused-ring (bicyclic) bond motifs is 1. The molecule has 178 valence electrons. The summed E-state index contributed by atoms with van der Waals surface area (Å²) < 4.78 is 18.1. The maximum atomic E-state index is 13.5. The van der Waals surface area contributed by atoms with Gasteiger partial charge in [-0.05, 0) is 32.8 Å². The second-order valence-corrected chi connectivity index (χ2v) is 8.70. The second kappa shape index (κ2) is 10.1. The van der Waals surface area contributed by atoms with Crippen LogP contribution in [0.15, 0.2) is 41.2 Å². The Morgan fingerprint density at radius 2 is 1.82 bits per heavy atom. The van der Waals surface area contributed by atoms with Crippen LogP contribution in [0.3, 0.4) is 0 Å². The molecule has 0 atom stereocenters. The number of hydrogen-bond donors (Lipinski definition) is 0. The van der Waals surface area contributed by atoms with Gasteiger partial charge in [0, 0.05) is 25.4 Å². The van der Waals surface area contributed by atoms with Gasteiger partial charge >= 0.3 is 6.09 Å². The first-order valence-corrected chi connectivity index (χ1v) is 10.9. The molecule has 1 aromatic heterocycles. The fraction of sp³-hybridized carbons (Fsp3) is 0.458. The summed E-state index contributed by atoms with van der Waals surface area (Å²) in [6, 6.07) is 10.7. The van der Waals surface area contributed by atoms with Crippen LogP contribution in [0.2, 0.25) is 0 Å². The normalized spacial score (nSPS) is 13.7. The number of carbonyl (C=O) groups is 2. The van der Waals surface area contributed by atoms with Gasteiger partial charge in [0.1, 0.15) is 18.9 Å². The highest BCUT2D eigenvalue weighted by Gasteiger charge is 2.38. The second-order valence-electron chi connectivity index (χ2n) is 8.70. The van der Waals surface area contributed by atoms with Crippen LogP contribution in [0.5, 0.6) is 5.75 Å². The van der Waals surface area contributed by atoms with Crippen LogP contribution in [0.4, 0.5) is 4.79 Å². The number of pyridine rings is 1. The molecule has 1 aromatic carbocycles. The zero-order valence-electron chi connectivity index (χ0n) is 19.8. The van der Waals surface area contributed by atoms with E-state index in [1.54, 1.807) is 20.8 Å². The van der Waals surface area contributed by atoms with Gasteiger partial charge in [0.25, 0.3) is 5.91 Å². The van der Waals surface area contributed by atoms with Gasteiger partial charge in [-0.25, -0.2) is 9.47 Å². The monoisotopic (exact) mass is 457 g/mol. The Balaban J connectivity index is 2.12. The summed E-state index contributed by atoms with van der Waals surface area (Å²) in [6.45, 7) is 7.72. The zero-order valence-corrected chi connectivity index (χ0v) is 19.8. The van der Waals surface area contributed by atoms with E-state index in [1.807, 2.05) is 37.3 Å². The number of amides is 2. The molecule has 0 fully saturated rings. The molecule has 0 unspecified atom stereocenters. The minimum atomic E-state index is -0.742. The van der Waals surface area contributed by atoms with Gasteiger partial charge < -0.3 is 19.1 Å². The van der Waals surface area contributed by atoms with Crippen molar-refractivity contribution in [3.05, 3.63) is 63.6 Å². The Bertz CT molecular complexity index is 1060. The van der Waals surface area contributed by atoms with Gasteiger partial charge in [-0.2, -0.15) is 5.01 Å². The van der Waals surface area contributed by atoms with Crippen molar-refractivity contribution in [2.45, 2.75) is 46.3 Å². The molecule has 0 saturated heterocycles. The Morgan fingerprint density at radius 1 is 1.12 bits per heavy atom. The van der Waals surface area contributed by atoms with E-state index in [2.05, 4.69) is 0 Å². The smallest absolute Gasteiger partial charge is 0.431 e. The number of hydrogen-bond acceptors (Lipinski definition) is 6. The van der Waals surface area contributed by atoms with E-state index in [9.17, 15) is 14.4 Å². The zero-order chi connectivity index (χ0) is 24.2. The Kier molecular flexibility index (Phi) is 7.43. The average molecular weight is 458 g/mol. The Labute approximate surface area is 193 Å². The molecule has 33 heavy (non-hydrogen) atoms. The summed E-state index contributed by atoms with van der Waals surface area (Å²) in [6.07, 6.45) is -0.211. The molecule has 2 amide bonds. The molecule has 0 spiro atoms. The largest absolute Gasteiger partial charge is 0.482 e. The predicted molar refractivity (Wildman–Crippen MR) is 123 cm³/mol. The van der Waals surface area contributed by atoms with Gasteiger partial charge in [0.05, 0.1) is 6.61 Å². The number of nitrogens with zero attached hydrogens (tertiary/aromatic N) is 3. The maximum absolute atomic E-state index is 13.5. The molecule has 3 rings (SSSR count). The first kappa shape index (κ1) is 24.3. The highest BCUT2D eigenvalue weighted by Crippen LogP contribution is 2.25. The molecule has 2 heterocycles. The van der Waals surface area contributed by atoms with Crippen molar-refractivity contribution in [3.8, 4) is 5.75 Å². The number of methoxy groups -OCH3 is 1. The SMILES string of the molecule is CCc1cc(=O)c(OCc2ccccc2)c2n1N(C(=O)OC(C)(C)C)CN(CCOC)C2=O. The van der Waals surface area contributed by atoms with Crippen molar-refractivity contribution >= 4 is 12.0 Å². The van der Waals surface area contributed by atoms with E-state index >= 15 is 0 Å². The molecule has 9 nitrogen and oxygen atoms in total. The van der Waals surface area contributed by atoms with E-state index in [4.69, 9.17) is 14.2 Å². The molecule has 0 N–H and O–H groups in total. The van der Waals surface area contributed by atoms with E-state index in [-0.39, 0.29) is 37.9 Å². The van der Waals surface area contributed by atoms with Gasteiger partial charge in [-0.3, -0.25) is 9.59 Å². The topological polar surface area (TPSA) is 90.3 Å². The van der Waals surface area contributed by atoms with Crippen LogP contribution >= 0.6 is 0 Å². The average Bonchev–Trinajstić information content (AvgIpc) is 2.77. The summed E-state index contributed by atoms with van der Waals surface area (Å²) in [5.41, 5.74) is 0.198. The maximum Gasteiger partial charge on any atom is 0.431 e. The van der Waals surface area contributed by atoms with E-state index in [0.717, 1.165) is 5.56 Å². The first-order chi connectivity index (χ1) is 15.7. The van der Waals surface area contributed by atoms with Crippen LogP contribution in [0, 0.1) is 0 Å². The number of aryl methyl sites for hydroxylation is 1. The Morgan fingerprint density at radius 3 is 2.42 bits per heavy atom. The van der Waals surface area contributed by atoms with E-state index in [0.29, 0.717) is 12.1 Å². The molecule has 1 aliphatic rings. The number of ether oxygens (including phenoxy) is 3. The number of carbonyl (C=O) groups excluding carboxylic acids is 2. The van der Waals surface area contributed by atoms with Crippen molar-refractivity contribution in [2.24, 2.45) is 0 Å². The third-order valence-electron chi connectivity index (χ3n) is 5.01. The predicted octanol–water partition coefficient (Wildman–Crippen LogP) is 2.92. The lowest BCUT2D eigenvalue weighted by molar-refractivity contribution is 0.0422. The summed E-state index contributed by atoms with van der Waals surface area (Å²) in [5.74, 6) is -0.515. The number of benzene rings is 1. The number of rotatable bonds is 7. The fourth-order valence-electron chi connectivity index (χ4n) is 3.49. The lowest BCUT2D eigenvalue weighted by atomic mass is 10.2. The van der Waals surface area contributed by atoms with Crippen LogP contribution in [-0.2, 0) is 22.5 Å². The van der Waals surface area contributed by atoms with E-state index < -0.39 is 23.0 Å². The van der Waals surface area contributed by atoms with Crippen molar-refractivity contribution in [1.29, 1.82) is 0 Å². The van der Waals surface area contributed by atoms with Crippen LogP contribution in [0.1, 0.15) is 49.4 Å². The fourth-order valence-corrected chi connectivity index (χ4v) is 3.49. The quantitative estimate of drug-likeness (QED) is 0.635. The molecule has 9 heteroatoms. The molecular weight excluding hydrogens is 426 g/mol. The lowest BCUT2D eigenvalue weighted by Gasteiger charge is -2.40. The summed E-state index contributed by atoms with van der Waals surface area (Å²) in [5, 5.41) is 1.32. The molecular formula is C24H31N3O6. The van der Waals surface area contributed by atoms with Crippen LogP contribution in [-0.4, -0.2) is 54.1 Å². The van der Waals surface area contributed by atoms with Crippen molar-refractivity contribution in [2.75, 3.05) is 31.9 Å². The molecule has 0 saturated carbocycles. The van der Waals surface area contributed by atoms with Crippen LogP contribution in [0.25, 0.3) is 0 Å². The van der Waals surface area contributed by atoms with Crippen molar-refractivity contribution in [1.82, 2.24) is 9.58 Å².